The molecule has 1 atom stereocenters. The molecule has 0 bridgehead atoms. The highest BCUT2D eigenvalue weighted by atomic mass is 35.5. The third-order valence-electron chi connectivity index (χ3n) is 2.22. The van der Waals surface area contributed by atoms with Crippen LogP contribution in [0.3, 0.4) is 0 Å². The van der Waals surface area contributed by atoms with Crippen molar-refractivity contribution in [1.82, 2.24) is 0 Å². The Morgan fingerprint density at radius 2 is 1.67 bits per heavy atom. The van der Waals surface area contributed by atoms with Crippen molar-refractivity contribution in [2.24, 2.45) is 0 Å². The van der Waals surface area contributed by atoms with E-state index in [4.69, 9.17) is 9.78 Å². The number of quaternary nitrogens is 1. The Morgan fingerprint density at radius 3 is 2.07 bits per heavy atom. The Balaban J connectivity index is 0. The fourth-order valence-electron chi connectivity index (χ4n) is 1.28. The third-order valence-corrected chi connectivity index (χ3v) is 2.22. The first-order valence-corrected chi connectivity index (χ1v) is 5.61. The molecule has 0 heterocycles. The van der Waals surface area contributed by atoms with Crippen molar-refractivity contribution in [3.05, 3.63) is 0 Å². The normalized spacial score (nSPS) is 13.4. The van der Waals surface area contributed by atoms with Gasteiger partial charge in [-0.3, -0.25) is 0 Å². The van der Waals surface area contributed by atoms with Crippen LogP contribution in [0.1, 0.15) is 39.5 Å². The molecular weight excluding hydrogens is 214 g/mol. The van der Waals surface area contributed by atoms with E-state index in [1.54, 1.807) is 0 Å². The number of rotatable bonds is 8. The molecule has 0 radical (unpaired) electrons. The maximum atomic E-state index is 5.37. The van der Waals surface area contributed by atoms with Crippen LogP contribution in [0, 0.1) is 0 Å². The van der Waals surface area contributed by atoms with Gasteiger partial charge in [-0.05, 0) is 6.42 Å². The fraction of sp³-hybridized carbons (Fsp3) is 1.00. The third kappa shape index (κ3) is 9.12. The minimum Gasteiger partial charge on any atom is -1.00 e. The number of hydrogen-bond donors (Lipinski definition) is 0. The minimum atomic E-state index is 0. The molecule has 0 aliphatic carbocycles. The molecule has 4 heteroatoms. The van der Waals surface area contributed by atoms with Crippen LogP contribution in [0.4, 0.5) is 0 Å². The van der Waals surface area contributed by atoms with Gasteiger partial charge in [0.25, 0.3) is 0 Å². The topological polar surface area (TPSA) is 18.5 Å². The molecule has 0 saturated heterocycles. The Hall–Kier alpha value is 0.170. The van der Waals surface area contributed by atoms with E-state index < -0.39 is 0 Å². The van der Waals surface area contributed by atoms with Gasteiger partial charge in [-0.15, -0.1) is 0 Å². The number of unbranched alkanes of at least 4 members (excludes halogenated alkanes) is 2. The molecule has 0 aromatic heterocycles. The van der Waals surface area contributed by atoms with E-state index >= 15 is 0 Å². The van der Waals surface area contributed by atoms with E-state index in [1.165, 1.54) is 12.8 Å². The molecule has 0 aromatic carbocycles. The summed E-state index contributed by atoms with van der Waals surface area (Å²) in [4.78, 5) is 10.6. The molecule has 0 spiro atoms. The van der Waals surface area contributed by atoms with Crippen LogP contribution >= 0.6 is 0 Å². The number of halogens is 1. The number of nitrogens with zero attached hydrogens (tertiary/aromatic N) is 1. The zero-order valence-electron chi connectivity index (χ0n) is 10.8. The van der Waals surface area contributed by atoms with E-state index in [-0.39, 0.29) is 18.6 Å². The lowest BCUT2D eigenvalue weighted by Crippen LogP contribution is -3.00. The molecule has 0 saturated carbocycles. The Kier molecular flexibility index (Phi) is 11.0. The van der Waals surface area contributed by atoms with Crippen LogP contribution in [-0.2, 0) is 9.78 Å². The summed E-state index contributed by atoms with van der Waals surface area (Å²) in [6.07, 6.45) is 4.62. The van der Waals surface area contributed by atoms with Gasteiger partial charge >= 0.3 is 0 Å². The second-order valence-electron chi connectivity index (χ2n) is 4.60. The minimum absolute atomic E-state index is 0. The maximum Gasteiger partial charge on any atom is 0.223 e. The highest BCUT2D eigenvalue weighted by Gasteiger charge is 2.23. The quantitative estimate of drug-likeness (QED) is 0.188. The molecule has 0 aliphatic rings. The summed E-state index contributed by atoms with van der Waals surface area (Å²) in [7, 11) is 6.34. The van der Waals surface area contributed by atoms with Crippen molar-refractivity contribution >= 4 is 0 Å². The van der Waals surface area contributed by atoms with Gasteiger partial charge in [0.05, 0.1) is 27.7 Å². The number of hydrogen-bond acceptors (Lipinski definition) is 2. The highest BCUT2D eigenvalue weighted by molar-refractivity contribution is 4.36. The van der Waals surface area contributed by atoms with Gasteiger partial charge in [0.15, 0.2) is 0 Å². The molecule has 15 heavy (non-hydrogen) atoms. The predicted octanol–water partition coefficient (Wildman–Crippen LogP) is -0.429. The fourth-order valence-corrected chi connectivity index (χ4v) is 1.28. The summed E-state index contributed by atoms with van der Waals surface area (Å²) in [5, 5.41) is 0. The Bertz CT molecular complexity index is 137. The summed E-state index contributed by atoms with van der Waals surface area (Å²) < 4.78 is 0.782. The SMILES string of the molecule is CCCCCOOC(CC)[N+](C)(C)C.[Cl-]. The van der Waals surface area contributed by atoms with Crippen LogP contribution in [0.5, 0.6) is 0 Å². The first-order chi connectivity index (χ1) is 6.52. The van der Waals surface area contributed by atoms with E-state index in [0.717, 1.165) is 17.3 Å². The summed E-state index contributed by atoms with van der Waals surface area (Å²) in [6, 6.07) is 0. The van der Waals surface area contributed by atoms with Gasteiger partial charge in [0.1, 0.15) is 0 Å². The first kappa shape index (κ1) is 17.6. The van der Waals surface area contributed by atoms with Crippen LogP contribution < -0.4 is 12.4 Å². The van der Waals surface area contributed by atoms with Crippen molar-refractivity contribution in [2.45, 2.75) is 45.8 Å². The van der Waals surface area contributed by atoms with E-state index in [2.05, 4.69) is 35.0 Å². The molecule has 0 rings (SSSR count). The van der Waals surface area contributed by atoms with Crippen LogP contribution in [0.25, 0.3) is 0 Å². The van der Waals surface area contributed by atoms with Crippen LogP contribution in [0.2, 0.25) is 0 Å². The maximum absolute atomic E-state index is 5.37. The van der Waals surface area contributed by atoms with E-state index in [1.807, 2.05) is 0 Å². The first-order valence-electron chi connectivity index (χ1n) is 5.61. The largest absolute Gasteiger partial charge is 1.00 e. The summed E-state index contributed by atoms with van der Waals surface area (Å²) in [6.45, 7) is 5.01. The average molecular weight is 240 g/mol. The molecule has 0 N–H and O–H groups in total. The molecule has 3 nitrogen and oxygen atoms in total. The molecular formula is C11H26ClNO2. The monoisotopic (exact) mass is 239 g/mol. The van der Waals surface area contributed by atoms with Crippen molar-refractivity contribution in [2.75, 3.05) is 27.7 Å². The summed E-state index contributed by atoms with van der Waals surface area (Å²) in [5.41, 5.74) is 0. The van der Waals surface area contributed by atoms with Gasteiger partial charge in [-0.25, -0.2) is 4.89 Å². The van der Waals surface area contributed by atoms with Crippen molar-refractivity contribution < 1.29 is 26.7 Å². The van der Waals surface area contributed by atoms with Crippen molar-refractivity contribution in [1.29, 1.82) is 0 Å². The Morgan fingerprint density at radius 1 is 1.07 bits per heavy atom. The average Bonchev–Trinajstić information content (AvgIpc) is 2.09. The lowest BCUT2D eigenvalue weighted by atomic mass is 10.3. The van der Waals surface area contributed by atoms with Gasteiger partial charge in [-0.2, -0.15) is 4.89 Å². The van der Waals surface area contributed by atoms with Gasteiger partial charge in [-0.1, -0.05) is 26.7 Å². The van der Waals surface area contributed by atoms with E-state index in [0.29, 0.717) is 6.61 Å². The van der Waals surface area contributed by atoms with Gasteiger partial charge < -0.3 is 16.9 Å². The zero-order valence-corrected chi connectivity index (χ0v) is 11.5. The Labute approximate surface area is 101 Å². The van der Waals surface area contributed by atoms with Crippen molar-refractivity contribution in [3.8, 4) is 0 Å². The summed E-state index contributed by atoms with van der Waals surface area (Å²) >= 11 is 0. The molecule has 0 aliphatic heterocycles. The zero-order chi connectivity index (χ0) is 11.0. The smallest absolute Gasteiger partial charge is 0.223 e. The molecule has 0 fully saturated rings. The lowest BCUT2D eigenvalue weighted by Gasteiger charge is -2.31. The summed E-state index contributed by atoms with van der Waals surface area (Å²) in [5.74, 6) is 0. The van der Waals surface area contributed by atoms with Crippen LogP contribution in [0.15, 0.2) is 0 Å². The standard InChI is InChI=1S/C11H26NO2.ClH/c1-6-8-9-10-13-14-11(7-2)12(3,4)5;/h11H,6-10H2,1-5H3;1H/q+1;/p-1. The molecule has 1 unspecified atom stereocenters. The van der Waals surface area contributed by atoms with Gasteiger partial charge in [0, 0.05) is 6.42 Å². The molecule has 0 aromatic rings. The second kappa shape index (κ2) is 9.40. The lowest BCUT2D eigenvalue weighted by molar-refractivity contribution is -0.931. The van der Waals surface area contributed by atoms with Crippen molar-refractivity contribution in [3.63, 3.8) is 0 Å². The highest BCUT2D eigenvalue weighted by Crippen LogP contribution is 2.09. The van der Waals surface area contributed by atoms with Gasteiger partial charge in [0.2, 0.25) is 6.23 Å². The molecule has 0 amide bonds. The second-order valence-corrected chi connectivity index (χ2v) is 4.60. The predicted molar refractivity (Wildman–Crippen MR) is 58.7 cm³/mol. The molecule has 94 valence electrons. The van der Waals surface area contributed by atoms with E-state index in [9.17, 15) is 0 Å². The van der Waals surface area contributed by atoms with Crippen LogP contribution in [-0.4, -0.2) is 38.5 Å².